The quantitative estimate of drug-likeness (QED) is 0.769. The number of carbonyl (C=O) groups excluding carboxylic acids is 2. The third-order valence-electron chi connectivity index (χ3n) is 5.30. The molecular weight excluding hydrogens is 378 g/mol. The first-order chi connectivity index (χ1) is 14.0. The van der Waals surface area contributed by atoms with Gasteiger partial charge in [-0.05, 0) is 36.6 Å². The standard InChI is InChI=1S/C22H22F2N2O3/c23-22(24)29-19-9-6-17(11-15(19)10-14-4-2-1-3-5-14)25-21(28)16-12-20(27)26(13-16)18-7-8-18/h1-6,9,11,16,18,22H,7-8,10,12-13H2,(H,25,28)/t16-/m1/s1. The number of carbonyl (C=O) groups is 2. The lowest BCUT2D eigenvalue weighted by Crippen LogP contribution is -2.29. The molecule has 2 aromatic carbocycles. The number of likely N-dealkylation sites (tertiary alicyclic amines) is 1. The van der Waals surface area contributed by atoms with Gasteiger partial charge in [0.25, 0.3) is 0 Å². The lowest BCUT2D eigenvalue weighted by molar-refractivity contribution is -0.128. The second-order valence-corrected chi connectivity index (χ2v) is 7.53. The average Bonchev–Trinajstić information content (AvgIpc) is 3.46. The molecule has 2 amide bonds. The van der Waals surface area contributed by atoms with E-state index in [1.807, 2.05) is 30.3 Å². The van der Waals surface area contributed by atoms with Crippen LogP contribution in [0, 0.1) is 5.92 Å². The Morgan fingerprint density at radius 3 is 2.62 bits per heavy atom. The highest BCUT2D eigenvalue weighted by atomic mass is 19.3. The molecule has 1 aliphatic carbocycles. The maximum Gasteiger partial charge on any atom is 0.387 e. The first-order valence-electron chi connectivity index (χ1n) is 9.71. The molecule has 0 unspecified atom stereocenters. The molecule has 29 heavy (non-hydrogen) atoms. The van der Waals surface area contributed by atoms with Gasteiger partial charge in [0.2, 0.25) is 11.8 Å². The third-order valence-corrected chi connectivity index (χ3v) is 5.30. The van der Waals surface area contributed by atoms with Crippen molar-refractivity contribution in [2.24, 2.45) is 5.92 Å². The van der Waals surface area contributed by atoms with E-state index in [2.05, 4.69) is 10.1 Å². The predicted octanol–water partition coefficient (Wildman–Crippen LogP) is 3.83. The van der Waals surface area contributed by atoms with Crippen molar-refractivity contribution in [3.05, 3.63) is 59.7 Å². The average molecular weight is 400 g/mol. The van der Waals surface area contributed by atoms with Crippen LogP contribution in [0.4, 0.5) is 14.5 Å². The van der Waals surface area contributed by atoms with Crippen molar-refractivity contribution < 1.29 is 23.1 Å². The fourth-order valence-electron chi connectivity index (χ4n) is 3.71. The van der Waals surface area contributed by atoms with Crippen LogP contribution >= 0.6 is 0 Å². The van der Waals surface area contributed by atoms with Crippen LogP contribution < -0.4 is 10.1 Å². The highest BCUT2D eigenvalue weighted by molar-refractivity contribution is 5.97. The zero-order valence-electron chi connectivity index (χ0n) is 15.8. The number of nitrogens with zero attached hydrogens (tertiary/aromatic N) is 1. The molecule has 0 aromatic heterocycles. The molecule has 0 radical (unpaired) electrons. The lowest BCUT2D eigenvalue weighted by Gasteiger charge is -2.16. The summed E-state index contributed by atoms with van der Waals surface area (Å²) in [6.07, 6.45) is 2.62. The number of benzene rings is 2. The van der Waals surface area contributed by atoms with E-state index in [1.165, 1.54) is 6.07 Å². The summed E-state index contributed by atoms with van der Waals surface area (Å²) in [6, 6.07) is 14.3. The van der Waals surface area contributed by atoms with Crippen molar-refractivity contribution in [2.75, 3.05) is 11.9 Å². The van der Waals surface area contributed by atoms with Crippen molar-refractivity contribution in [3.8, 4) is 5.75 Å². The number of ether oxygens (including phenoxy) is 1. The molecule has 2 aromatic rings. The van der Waals surface area contributed by atoms with Crippen LogP contribution in [0.25, 0.3) is 0 Å². The molecule has 7 heteroatoms. The molecule has 4 rings (SSSR count). The van der Waals surface area contributed by atoms with E-state index in [0.29, 0.717) is 30.3 Å². The monoisotopic (exact) mass is 400 g/mol. The molecule has 1 saturated heterocycles. The number of hydrogen-bond donors (Lipinski definition) is 1. The van der Waals surface area contributed by atoms with E-state index in [4.69, 9.17) is 0 Å². The maximum absolute atomic E-state index is 12.8. The van der Waals surface area contributed by atoms with E-state index in [0.717, 1.165) is 18.4 Å². The van der Waals surface area contributed by atoms with Crippen LogP contribution in [0.15, 0.2) is 48.5 Å². The van der Waals surface area contributed by atoms with Crippen molar-refractivity contribution in [1.82, 2.24) is 4.90 Å². The Hall–Kier alpha value is -2.96. The van der Waals surface area contributed by atoms with Gasteiger partial charge in [0.15, 0.2) is 0 Å². The van der Waals surface area contributed by atoms with Crippen LogP contribution in [0.5, 0.6) is 5.75 Å². The van der Waals surface area contributed by atoms with Crippen LogP contribution in [-0.2, 0) is 16.0 Å². The first kappa shape index (κ1) is 19.4. The number of amides is 2. The number of rotatable bonds is 7. The Morgan fingerprint density at radius 1 is 1.17 bits per heavy atom. The SMILES string of the molecule is O=C(Nc1ccc(OC(F)F)c(Cc2ccccc2)c1)[C@@H]1CC(=O)N(C2CC2)C1. The Kier molecular flexibility index (Phi) is 5.47. The Labute approximate surface area is 167 Å². The second-order valence-electron chi connectivity index (χ2n) is 7.53. The Balaban J connectivity index is 1.49. The molecule has 0 spiro atoms. The van der Waals surface area contributed by atoms with Crippen molar-refractivity contribution in [1.29, 1.82) is 0 Å². The normalized spacial score (nSPS) is 18.9. The Morgan fingerprint density at radius 2 is 1.93 bits per heavy atom. The van der Waals surface area contributed by atoms with Gasteiger partial charge in [-0.15, -0.1) is 0 Å². The molecule has 152 valence electrons. The van der Waals surface area contributed by atoms with Crippen molar-refractivity contribution in [3.63, 3.8) is 0 Å². The number of hydrogen-bond acceptors (Lipinski definition) is 3. The maximum atomic E-state index is 12.8. The smallest absolute Gasteiger partial charge is 0.387 e. The summed E-state index contributed by atoms with van der Waals surface area (Å²) in [5, 5.41) is 2.83. The van der Waals surface area contributed by atoms with Gasteiger partial charge in [-0.25, -0.2) is 0 Å². The highest BCUT2D eigenvalue weighted by Crippen LogP contribution is 2.33. The van der Waals surface area contributed by atoms with E-state index in [9.17, 15) is 18.4 Å². The third kappa shape index (κ3) is 4.72. The summed E-state index contributed by atoms with van der Waals surface area (Å²) in [7, 11) is 0. The molecule has 1 atom stereocenters. The van der Waals surface area contributed by atoms with Gasteiger partial charge < -0.3 is 15.0 Å². The van der Waals surface area contributed by atoms with Gasteiger partial charge in [-0.3, -0.25) is 9.59 Å². The predicted molar refractivity (Wildman–Crippen MR) is 104 cm³/mol. The summed E-state index contributed by atoms with van der Waals surface area (Å²) in [6.45, 7) is -2.48. The summed E-state index contributed by atoms with van der Waals surface area (Å²) in [5.41, 5.74) is 1.99. The summed E-state index contributed by atoms with van der Waals surface area (Å²) in [4.78, 5) is 26.5. The van der Waals surface area contributed by atoms with Gasteiger partial charge in [0, 0.05) is 36.7 Å². The summed E-state index contributed by atoms with van der Waals surface area (Å²) >= 11 is 0. The number of halogens is 2. The zero-order valence-corrected chi connectivity index (χ0v) is 15.8. The molecular formula is C22H22F2N2O3. The zero-order chi connectivity index (χ0) is 20.4. The molecule has 1 saturated carbocycles. The van der Waals surface area contributed by atoms with Crippen LogP contribution in [0.1, 0.15) is 30.4 Å². The molecule has 1 N–H and O–H groups in total. The summed E-state index contributed by atoms with van der Waals surface area (Å²) in [5.74, 6) is -0.511. The largest absolute Gasteiger partial charge is 0.435 e. The second kappa shape index (κ2) is 8.19. The Bertz CT molecular complexity index is 900. The highest BCUT2D eigenvalue weighted by Gasteiger charge is 2.41. The van der Waals surface area contributed by atoms with Crippen LogP contribution in [0.3, 0.4) is 0 Å². The van der Waals surface area contributed by atoms with Crippen molar-refractivity contribution >= 4 is 17.5 Å². The van der Waals surface area contributed by atoms with E-state index in [-0.39, 0.29) is 24.0 Å². The first-order valence-corrected chi connectivity index (χ1v) is 9.71. The number of anilines is 1. The van der Waals surface area contributed by atoms with Gasteiger partial charge in [0.05, 0.1) is 5.92 Å². The minimum atomic E-state index is -2.93. The number of nitrogens with one attached hydrogen (secondary N) is 1. The van der Waals surface area contributed by atoms with E-state index >= 15 is 0 Å². The summed E-state index contributed by atoms with van der Waals surface area (Å²) < 4.78 is 30.2. The van der Waals surface area contributed by atoms with Crippen molar-refractivity contribution in [2.45, 2.75) is 38.3 Å². The van der Waals surface area contributed by atoms with E-state index < -0.39 is 12.5 Å². The number of alkyl halides is 2. The topological polar surface area (TPSA) is 58.6 Å². The van der Waals surface area contributed by atoms with Gasteiger partial charge in [-0.1, -0.05) is 30.3 Å². The lowest BCUT2D eigenvalue weighted by atomic mass is 10.0. The van der Waals surface area contributed by atoms with Crippen LogP contribution in [0.2, 0.25) is 0 Å². The minimum Gasteiger partial charge on any atom is -0.435 e. The van der Waals surface area contributed by atoms with Gasteiger partial charge in [-0.2, -0.15) is 8.78 Å². The van der Waals surface area contributed by atoms with E-state index in [1.54, 1.807) is 17.0 Å². The molecule has 2 aliphatic rings. The molecule has 0 bridgehead atoms. The fourth-order valence-corrected chi connectivity index (χ4v) is 3.71. The van der Waals surface area contributed by atoms with Gasteiger partial charge in [0.1, 0.15) is 5.75 Å². The van der Waals surface area contributed by atoms with Crippen LogP contribution in [-0.4, -0.2) is 35.9 Å². The minimum absolute atomic E-state index is 0.0260. The molecule has 1 heterocycles. The van der Waals surface area contributed by atoms with Gasteiger partial charge >= 0.3 is 6.61 Å². The molecule has 5 nitrogen and oxygen atoms in total. The molecule has 2 fully saturated rings. The fraction of sp³-hybridized carbons (Fsp3) is 0.364. The molecule has 1 aliphatic heterocycles.